The molecule has 1 atom stereocenters. The zero-order valence-electron chi connectivity index (χ0n) is 11.8. The number of sulfone groups is 1. The summed E-state index contributed by atoms with van der Waals surface area (Å²) in [6, 6.07) is 5.39. The van der Waals surface area contributed by atoms with Crippen molar-refractivity contribution in [2.24, 2.45) is 11.7 Å². The highest BCUT2D eigenvalue weighted by atomic mass is 32.2. The Balaban J connectivity index is 2.81. The predicted octanol–water partition coefficient (Wildman–Crippen LogP) is 0.526. The normalized spacial score (nSPS) is 13.2. The number of benzene rings is 1. The molecular formula is C13H20N2O4S. The molecule has 1 aromatic rings. The second kappa shape index (κ2) is 6.71. The minimum absolute atomic E-state index is 0.0847. The molecule has 0 fully saturated rings. The zero-order valence-corrected chi connectivity index (χ0v) is 12.6. The van der Waals surface area contributed by atoms with E-state index in [4.69, 9.17) is 10.5 Å². The Morgan fingerprint density at radius 2 is 1.85 bits per heavy atom. The summed E-state index contributed by atoms with van der Waals surface area (Å²) in [5, 5.41) is 2.69. The first-order valence-electron chi connectivity index (χ1n) is 6.17. The molecule has 3 N–H and O–H groups in total. The first kappa shape index (κ1) is 16.5. The Morgan fingerprint density at radius 1 is 1.30 bits per heavy atom. The van der Waals surface area contributed by atoms with E-state index in [1.54, 1.807) is 26.0 Å². The summed E-state index contributed by atoms with van der Waals surface area (Å²) in [6.45, 7) is 3.59. The Hall–Kier alpha value is -1.60. The molecular weight excluding hydrogens is 280 g/mol. The van der Waals surface area contributed by atoms with Gasteiger partial charge >= 0.3 is 0 Å². The summed E-state index contributed by atoms with van der Waals surface area (Å²) in [7, 11) is -2.02. The van der Waals surface area contributed by atoms with Gasteiger partial charge in [0.2, 0.25) is 5.91 Å². The maximum absolute atomic E-state index is 12.1. The topological polar surface area (TPSA) is 98.5 Å². The number of nitrogens with two attached hydrogens (primary N) is 1. The number of primary amides is 1. The van der Waals surface area contributed by atoms with E-state index in [1.165, 1.54) is 19.2 Å². The Kier molecular flexibility index (Phi) is 5.52. The third-order valence-corrected chi connectivity index (χ3v) is 4.42. The highest BCUT2D eigenvalue weighted by Gasteiger charge is 2.22. The quantitative estimate of drug-likeness (QED) is 0.765. The molecule has 0 aliphatic heterocycles. The Labute approximate surface area is 119 Å². The van der Waals surface area contributed by atoms with Gasteiger partial charge in [-0.25, -0.2) is 8.42 Å². The Bertz CT molecular complexity index is 552. The fourth-order valence-corrected chi connectivity index (χ4v) is 2.85. The van der Waals surface area contributed by atoms with Gasteiger partial charge < -0.3 is 10.5 Å². The van der Waals surface area contributed by atoms with Crippen molar-refractivity contribution in [2.75, 3.05) is 13.0 Å². The van der Waals surface area contributed by atoms with Crippen molar-refractivity contribution >= 4 is 15.7 Å². The number of carbonyl (C=O) groups is 1. The molecule has 1 aromatic carbocycles. The van der Waals surface area contributed by atoms with Crippen LogP contribution in [0.15, 0.2) is 29.2 Å². The molecule has 6 nitrogen and oxygen atoms in total. The van der Waals surface area contributed by atoms with Gasteiger partial charge in [-0.2, -0.15) is 0 Å². The number of hydrogen-bond donors (Lipinski definition) is 2. The maximum atomic E-state index is 12.1. The number of rotatable bonds is 7. The largest absolute Gasteiger partial charge is 0.497 e. The summed E-state index contributed by atoms with van der Waals surface area (Å²) < 4.78 is 29.2. The van der Waals surface area contributed by atoms with Crippen molar-refractivity contribution in [1.82, 2.24) is 5.32 Å². The van der Waals surface area contributed by atoms with Crippen LogP contribution in [-0.4, -0.2) is 33.4 Å². The van der Waals surface area contributed by atoms with Crippen molar-refractivity contribution in [3.8, 4) is 5.75 Å². The van der Waals surface area contributed by atoms with E-state index in [1.807, 2.05) is 0 Å². The van der Waals surface area contributed by atoms with Crippen molar-refractivity contribution in [3.05, 3.63) is 24.3 Å². The smallest absolute Gasteiger partial charge is 0.234 e. The third kappa shape index (κ3) is 4.21. The van der Waals surface area contributed by atoms with Gasteiger partial charge in [0.15, 0.2) is 9.84 Å². The van der Waals surface area contributed by atoms with E-state index in [0.29, 0.717) is 5.75 Å². The molecule has 0 bridgehead atoms. The number of carbonyl (C=O) groups excluding carboxylic acids is 1. The molecule has 0 aliphatic carbocycles. The minimum Gasteiger partial charge on any atom is -0.497 e. The van der Waals surface area contributed by atoms with Crippen LogP contribution < -0.4 is 15.8 Å². The van der Waals surface area contributed by atoms with Crippen molar-refractivity contribution < 1.29 is 17.9 Å². The molecule has 1 rings (SSSR count). The van der Waals surface area contributed by atoms with Crippen LogP contribution in [0.25, 0.3) is 0 Å². The first-order chi connectivity index (χ1) is 9.27. The summed E-state index contributed by atoms with van der Waals surface area (Å²) in [5.74, 6) is -0.414. The lowest BCUT2D eigenvalue weighted by Crippen LogP contribution is -2.46. The van der Waals surface area contributed by atoms with Gasteiger partial charge in [-0.15, -0.1) is 0 Å². The van der Waals surface area contributed by atoms with E-state index >= 15 is 0 Å². The van der Waals surface area contributed by atoms with Crippen molar-refractivity contribution in [1.29, 1.82) is 0 Å². The van der Waals surface area contributed by atoms with Gasteiger partial charge in [-0.1, -0.05) is 13.8 Å². The standard InChI is InChI=1S/C13H20N2O4S/c1-9(2)12(13(14)16)15-8-20(17,18)11-6-4-10(19-3)5-7-11/h4-7,9,12,15H,8H2,1-3H3,(H2,14,16). The molecule has 7 heteroatoms. The average molecular weight is 300 g/mol. The number of hydrogen-bond acceptors (Lipinski definition) is 5. The first-order valence-corrected chi connectivity index (χ1v) is 7.82. The molecule has 0 aliphatic rings. The molecule has 0 aromatic heterocycles. The van der Waals surface area contributed by atoms with Gasteiger partial charge in [-0.3, -0.25) is 10.1 Å². The molecule has 20 heavy (non-hydrogen) atoms. The molecule has 0 heterocycles. The van der Waals surface area contributed by atoms with E-state index < -0.39 is 21.8 Å². The van der Waals surface area contributed by atoms with Crippen LogP contribution in [-0.2, 0) is 14.6 Å². The van der Waals surface area contributed by atoms with E-state index in [-0.39, 0.29) is 16.7 Å². The molecule has 0 saturated carbocycles. The van der Waals surface area contributed by atoms with Gasteiger partial charge in [-0.05, 0) is 30.2 Å². The van der Waals surface area contributed by atoms with Crippen LogP contribution >= 0.6 is 0 Å². The van der Waals surface area contributed by atoms with Gasteiger partial charge in [0.05, 0.1) is 18.0 Å². The molecule has 0 radical (unpaired) electrons. The summed E-state index contributed by atoms with van der Waals surface area (Å²) in [4.78, 5) is 11.4. The van der Waals surface area contributed by atoms with E-state index in [9.17, 15) is 13.2 Å². The molecule has 0 saturated heterocycles. The minimum atomic E-state index is -3.52. The van der Waals surface area contributed by atoms with Gasteiger partial charge in [0.25, 0.3) is 0 Å². The molecule has 1 unspecified atom stereocenters. The highest BCUT2D eigenvalue weighted by molar-refractivity contribution is 7.91. The van der Waals surface area contributed by atoms with Gasteiger partial charge in [0, 0.05) is 0 Å². The maximum Gasteiger partial charge on any atom is 0.234 e. The van der Waals surface area contributed by atoms with Crippen molar-refractivity contribution in [3.63, 3.8) is 0 Å². The number of ether oxygens (including phenoxy) is 1. The number of methoxy groups -OCH3 is 1. The lowest BCUT2D eigenvalue weighted by Gasteiger charge is -2.18. The average Bonchev–Trinajstić information content (AvgIpc) is 2.38. The predicted molar refractivity (Wildman–Crippen MR) is 76.0 cm³/mol. The molecule has 112 valence electrons. The lowest BCUT2D eigenvalue weighted by atomic mass is 10.0. The van der Waals surface area contributed by atoms with Crippen LogP contribution in [0.5, 0.6) is 5.75 Å². The van der Waals surface area contributed by atoms with Crippen LogP contribution in [0, 0.1) is 5.92 Å². The summed E-state index contributed by atoms with van der Waals surface area (Å²) in [6.07, 6.45) is 0. The second-order valence-electron chi connectivity index (χ2n) is 4.76. The SMILES string of the molecule is COc1ccc(S(=O)(=O)CNC(C(N)=O)C(C)C)cc1. The number of amides is 1. The van der Waals surface area contributed by atoms with Crippen LogP contribution in [0.4, 0.5) is 0 Å². The Morgan fingerprint density at radius 3 is 2.25 bits per heavy atom. The van der Waals surface area contributed by atoms with Crippen LogP contribution in [0.3, 0.4) is 0 Å². The van der Waals surface area contributed by atoms with E-state index in [2.05, 4.69) is 5.32 Å². The fourth-order valence-electron chi connectivity index (χ4n) is 1.73. The molecule has 1 amide bonds. The summed E-state index contributed by atoms with van der Waals surface area (Å²) in [5.41, 5.74) is 5.23. The number of nitrogens with one attached hydrogen (secondary N) is 1. The summed E-state index contributed by atoms with van der Waals surface area (Å²) >= 11 is 0. The van der Waals surface area contributed by atoms with Gasteiger partial charge in [0.1, 0.15) is 11.6 Å². The van der Waals surface area contributed by atoms with Crippen LogP contribution in [0.2, 0.25) is 0 Å². The van der Waals surface area contributed by atoms with Crippen molar-refractivity contribution in [2.45, 2.75) is 24.8 Å². The third-order valence-electron chi connectivity index (χ3n) is 2.89. The lowest BCUT2D eigenvalue weighted by molar-refractivity contribution is -0.120. The monoisotopic (exact) mass is 300 g/mol. The zero-order chi connectivity index (χ0) is 15.3. The van der Waals surface area contributed by atoms with Crippen LogP contribution in [0.1, 0.15) is 13.8 Å². The molecule has 0 spiro atoms. The highest BCUT2D eigenvalue weighted by Crippen LogP contribution is 2.16. The second-order valence-corrected chi connectivity index (χ2v) is 6.75. The van der Waals surface area contributed by atoms with E-state index in [0.717, 1.165) is 0 Å². The fraction of sp³-hybridized carbons (Fsp3) is 0.462.